The van der Waals surface area contributed by atoms with E-state index in [1.807, 2.05) is 6.07 Å². The second kappa shape index (κ2) is 7.43. The van der Waals surface area contributed by atoms with Crippen molar-refractivity contribution in [2.24, 2.45) is 5.92 Å². The molecule has 4 nitrogen and oxygen atoms in total. The third-order valence-corrected chi connectivity index (χ3v) is 4.90. The van der Waals surface area contributed by atoms with Crippen molar-refractivity contribution in [2.75, 3.05) is 6.54 Å². The maximum atomic E-state index is 11.8. The van der Waals surface area contributed by atoms with Crippen molar-refractivity contribution in [3.63, 3.8) is 0 Å². The van der Waals surface area contributed by atoms with Gasteiger partial charge in [-0.3, -0.25) is 9.59 Å². The summed E-state index contributed by atoms with van der Waals surface area (Å²) in [6.07, 6.45) is 5.20. The summed E-state index contributed by atoms with van der Waals surface area (Å²) in [7, 11) is 0. The van der Waals surface area contributed by atoms with E-state index in [2.05, 4.69) is 23.6 Å². The predicted octanol–water partition coefficient (Wildman–Crippen LogP) is 2.23. The Morgan fingerprint density at radius 2 is 1.90 bits per heavy atom. The first-order valence-electron chi connectivity index (χ1n) is 7.31. The summed E-state index contributed by atoms with van der Waals surface area (Å²) in [6.45, 7) is 2.75. The van der Waals surface area contributed by atoms with Gasteiger partial charge >= 0.3 is 0 Å². The van der Waals surface area contributed by atoms with Crippen LogP contribution in [0.4, 0.5) is 0 Å². The third kappa shape index (κ3) is 4.34. The highest BCUT2D eigenvalue weighted by Crippen LogP contribution is 2.24. The van der Waals surface area contributed by atoms with Gasteiger partial charge in [0, 0.05) is 15.7 Å². The van der Waals surface area contributed by atoms with Gasteiger partial charge in [0.2, 0.25) is 11.8 Å². The molecule has 0 aliphatic heterocycles. The molecule has 0 bridgehead atoms. The van der Waals surface area contributed by atoms with Crippen molar-refractivity contribution < 1.29 is 9.59 Å². The van der Waals surface area contributed by atoms with Crippen LogP contribution in [0.2, 0.25) is 0 Å². The van der Waals surface area contributed by atoms with E-state index < -0.39 is 0 Å². The van der Waals surface area contributed by atoms with Crippen LogP contribution in [0, 0.1) is 5.92 Å². The largest absolute Gasteiger partial charge is 0.350 e. The average Bonchev–Trinajstić information content (AvgIpc) is 3.13. The van der Waals surface area contributed by atoms with Crippen LogP contribution < -0.4 is 10.6 Å². The van der Waals surface area contributed by atoms with Gasteiger partial charge in [0.25, 0.3) is 0 Å². The van der Waals surface area contributed by atoms with Crippen LogP contribution in [0.1, 0.15) is 42.4 Å². The van der Waals surface area contributed by atoms with Crippen molar-refractivity contribution in [1.29, 1.82) is 0 Å². The summed E-state index contributed by atoms with van der Waals surface area (Å²) >= 11 is 1.72. The van der Waals surface area contributed by atoms with E-state index in [1.54, 1.807) is 11.3 Å². The summed E-state index contributed by atoms with van der Waals surface area (Å²) in [6, 6.07) is 4.13. The minimum absolute atomic E-state index is 0.0297. The van der Waals surface area contributed by atoms with Crippen molar-refractivity contribution >= 4 is 23.2 Å². The monoisotopic (exact) mass is 294 g/mol. The standard InChI is InChI=1S/C15H22N2O2S/c1-2-12-7-8-13(20-12)9-16-14(18)10-17-15(19)11-5-3-4-6-11/h7-8,11H,2-6,9-10H2,1H3,(H,16,18)(H,17,19). The van der Waals surface area contributed by atoms with Crippen LogP contribution in [-0.2, 0) is 22.6 Å². The lowest BCUT2D eigenvalue weighted by Gasteiger charge is -2.10. The fraction of sp³-hybridized carbons (Fsp3) is 0.600. The van der Waals surface area contributed by atoms with Gasteiger partial charge in [-0.05, 0) is 31.4 Å². The molecule has 2 amide bonds. The summed E-state index contributed by atoms with van der Waals surface area (Å²) < 4.78 is 0. The van der Waals surface area contributed by atoms with Crippen LogP contribution >= 0.6 is 11.3 Å². The molecule has 0 spiro atoms. The Morgan fingerprint density at radius 1 is 1.20 bits per heavy atom. The van der Waals surface area contributed by atoms with Gasteiger partial charge in [-0.25, -0.2) is 0 Å². The number of carbonyl (C=O) groups is 2. The summed E-state index contributed by atoms with van der Waals surface area (Å²) in [5, 5.41) is 5.57. The lowest BCUT2D eigenvalue weighted by molar-refractivity contribution is -0.128. The van der Waals surface area contributed by atoms with Gasteiger partial charge in [-0.1, -0.05) is 19.8 Å². The molecule has 1 heterocycles. The summed E-state index contributed by atoms with van der Waals surface area (Å²) in [5.41, 5.74) is 0. The van der Waals surface area contributed by atoms with Crippen LogP contribution in [0.5, 0.6) is 0 Å². The van der Waals surface area contributed by atoms with Crippen LogP contribution in [0.3, 0.4) is 0 Å². The fourth-order valence-electron chi connectivity index (χ4n) is 2.46. The molecule has 1 aromatic heterocycles. The lowest BCUT2D eigenvalue weighted by Crippen LogP contribution is -2.38. The maximum absolute atomic E-state index is 11.8. The SMILES string of the molecule is CCc1ccc(CNC(=O)CNC(=O)C2CCCC2)s1. The van der Waals surface area contributed by atoms with Gasteiger partial charge < -0.3 is 10.6 Å². The van der Waals surface area contributed by atoms with E-state index in [1.165, 1.54) is 4.88 Å². The van der Waals surface area contributed by atoms with E-state index in [-0.39, 0.29) is 24.3 Å². The number of hydrogen-bond acceptors (Lipinski definition) is 3. The molecule has 20 heavy (non-hydrogen) atoms. The minimum atomic E-state index is -0.122. The topological polar surface area (TPSA) is 58.2 Å². The van der Waals surface area contributed by atoms with Crippen LogP contribution in [-0.4, -0.2) is 18.4 Å². The highest BCUT2D eigenvalue weighted by atomic mass is 32.1. The summed E-state index contributed by atoms with van der Waals surface area (Å²) in [4.78, 5) is 25.9. The summed E-state index contributed by atoms with van der Waals surface area (Å²) in [5.74, 6) is 0.0250. The van der Waals surface area contributed by atoms with Crippen LogP contribution in [0.25, 0.3) is 0 Å². The van der Waals surface area contributed by atoms with Gasteiger partial charge in [0.1, 0.15) is 0 Å². The number of rotatable bonds is 6. The van der Waals surface area contributed by atoms with E-state index in [9.17, 15) is 9.59 Å². The Bertz CT molecular complexity index is 464. The molecular weight excluding hydrogens is 272 g/mol. The van der Waals surface area contributed by atoms with E-state index in [0.717, 1.165) is 37.0 Å². The Hall–Kier alpha value is -1.36. The Labute approximate surface area is 124 Å². The molecular formula is C15H22N2O2S. The molecule has 5 heteroatoms. The Kier molecular flexibility index (Phi) is 5.59. The normalized spacial score (nSPS) is 15.2. The maximum Gasteiger partial charge on any atom is 0.239 e. The quantitative estimate of drug-likeness (QED) is 0.845. The molecule has 1 aliphatic rings. The molecule has 110 valence electrons. The first kappa shape index (κ1) is 15.0. The minimum Gasteiger partial charge on any atom is -0.350 e. The highest BCUT2D eigenvalue weighted by molar-refractivity contribution is 7.11. The predicted molar refractivity (Wildman–Crippen MR) is 80.5 cm³/mol. The number of hydrogen-bond donors (Lipinski definition) is 2. The van der Waals surface area contributed by atoms with Gasteiger partial charge in [0.15, 0.2) is 0 Å². The van der Waals surface area contributed by atoms with E-state index in [0.29, 0.717) is 6.54 Å². The molecule has 1 saturated carbocycles. The Balaban J connectivity index is 1.66. The molecule has 1 aliphatic carbocycles. The third-order valence-electron chi connectivity index (χ3n) is 3.67. The second-order valence-corrected chi connectivity index (χ2v) is 6.45. The average molecular weight is 294 g/mol. The first-order valence-corrected chi connectivity index (χ1v) is 8.12. The van der Waals surface area contributed by atoms with Crippen molar-refractivity contribution in [3.05, 3.63) is 21.9 Å². The molecule has 0 saturated heterocycles. The van der Waals surface area contributed by atoms with Crippen molar-refractivity contribution in [1.82, 2.24) is 10.6 Å². The molecule has 1 fully saturated rings. The van der Waals surface area contributed by atoms with Crippen molar-refractivity contribution in [2.45, 2.75) is 45.6 Å². The van der Waals surface area contributed by atoms with E-state index in [4.69, 9.17) is 0 Å². The second-order valence-electron chi connectivity index (χ2n) is 5.20. The molecule has 0 aromatic carbocycles. The molecule has 0 atom stereocenters. The van der Waals surface area contributed by atoms with Crippen molar-refractivity contribution in [3.8, 4) is 0 Å². The van der Waals surface area contributed by atoms with E-state index >= 15 is 0 Å². The molecule has 2 N–H and O–H groups in total. The number of thiophene rings is 1. The fourth-order valence-corrected chi connectivity index (χ4v) is 3.35. The smallest absolute Gasteiger partial charge is 0.239 e. The number of carbonyl (C=O) groups excluding carboxylic acids is 2. The number of amides is 2. The first-order chi connectivity index (χ1) is 9.69. The Morgan fingerprint density at radius 3 is 2.55 bits per heavy atom. The zero-order valence-corrected chi connectivity index (χ0v) is 12.7. The zero-order chi connectivity index (χ0) is 14.4. The highest BCUT2D eigenvalue weighted by Gasteiger charge is 2.22. The van der Waals surface area contributed by atoms with Gasteiger partial charge in [-0.15, -0.1) is 11.3 Å². The molecule has 0 unspecified atom stereocenters. The lowest BCUT2D eigenvalue weighted by atomic mass is 10.1. The molecule has 1 aromatic rings. The molecule has 2 rings (SSSR count). The van der Waals surface area contributed by atoms with Gasteiger partial charge in [-0.2, -0.15) is 0 Å². The number of aryl methyl sites for hydroxylation is 1. The zero-order valence-electron chi connectivity index (χ0n) is 11.9. The van der Waals surface area contributed by atoms with Gasteiger partial charge in [0.05, 0.1) is 13.1 Å². The number of nitrogens with one attached hydrogen (secondary N) is 2. The molecule has 0 radical (unpaired) electrons. The van der Waals surface area contributed by atoms with Crippen LogP contribution in [0.15, 0.2) is 12.1 Å².